The zero-order valence-electron chi connectivity index (χ0n) is 14.0. The van der Waals surface area contributed by atoms with E-state index in [0.29, 0.717) is 22.8 Å². The Bertz CT molecular complexity index is 922. The summed E-state index contributed by atoms with van der Waals surface area (Å²) in [5.41, 5.74) is 0.824. The molecule has 1 heterocycles. The lowest BCUT2D eigenvalue weighted by atomic mass is 9.98. The molecule has 2 aromatic rings. The van der Waals surface area contributed by atoms with E-state index < -0.39 is 23.8 Å². The van der Waals surface area contributed by atoms with E-state index in [1.165, 1.54) is 19.2 Å². The number of fused-ring (bicyclic) bond motifs is 1. The summed E-state index contributed by atoms with van der Waals surface area (Å²) in [6.07, 6.45) is -6.02. The predicted octanol–water partition coefficient (Wildman–Crippen LogP) is 4.73. The van der Waals surface area contributed by atoms with E-state index in [2.05, 4.69) is 0 Å². The minimum Gasteiger partial charge on any atom is -0.495 e. The number of ether oxygens (including phenoxy) is 2. The van der Waals surface area contributed by atoms with Gasteiger partial charge in [-0.2, -0.15) is 13.2 Å². The van der Waals surface area contributed by atoms with Gasteiger partial charge in [0.1, 0.15) is 11.5 Å². The van der Waals surface area contributed by atoms with Crippen LogP contribution in [0.15, 0.2) is 42.0 Å². The molecule has 1 aliphatic rings. The molecule has 1 N–H and O–H groups in total. The van der Waals surface area contributed by atoms with Crippen LogP contribution in [-0.2, 0) is 11.2 Å². The van der Waals surface area contributed by atoms with E-state index >= 15 is 0 Å². The first-order valence-electron chi connectivity index (χ1n) is 7.83. The normalized spacial score (nSPS) is 16.2. The Hall–Kier alpha value is -2.67. The van der Waals surface area contributed by atoms with Gasteiger partial charge in [-0.15, -0.1) is 0 Å². The predicted molar refractivity (Wildman–Crippen MR) is 93.3 cm³/mol. The number of methoxy groups -OCH3 is 1. The fourth-order valence-electron chi connectivity index (χ4n) is 2.83. The molecule has 1 aliphatic heterocycles. The summed E-state index contributed by atoms with van der Waals surface area (Å²) in [5, 5.41) is 9.47. The van der Waals surface area contributed by atoms with Gasteiger partial charge in [-0.1, -0.05) is 35.9 Å². The SMILES string of the molecule is COc1cccc(Cc2ccc3c(c2)OC(C(F)(F)F)C(C(=O)O)=C3)c1Cl. The molecule has 3 rings (SSSR count). The first-order chi connectivity index (χ1) is 12.7. The standard InChI is InChI=1S/C19H14ClF3O4/c1-26-14-4-2-3-12(16(14)20)7-10-5-6-11-9-13(18(24)25)17(19(21,22)23)27-15(11)8-10/h2-6,8-9,17H,7H2,1H3,(H,24,25). The van der Waals surface area contributed by atoms with Crippen LogP contribution >= 0.6 is 11.6 Å². The first kappa shape index (κ1) is 19.1. The van der Waals surface area contributed by atoms with Gasteiger partial charge in [0.25, 0.3) is 0 Å². The fourth-order valence-corrected chi connectivity index (χ4v) is 3.10. The van der Waals surface area contributed by atoms with Crippen molar-refractivity contribution in [3.8, 4) is 11.5 Å². The molecule has 0 amide bonds. The van der Waals surface area contributed by atoms with Crippen molar-refractivity contribution in [2.75, 3.05) is 7.11 Å². The Balaban J connectivity index is 1.96. The highest BCUT2D eigenvalue weighted by molar-refractivity contribution is 6.32. The maximum Gasteiger partial charge on any atom is 0.430 e. The Morgan fingerprint density at radius 2 is 2.04 bits per heavy atom. The number of alkyl halides is 3. The van der Waals surface area contributed by atoms with Crippen LogP contribution in [0.4, 0.5) is 13.2 Å². The van der Waals surface area contributed by atoms with Gasteiger partial charge in [0.2, 0.25) is 6.10 Å². The molecule has 0 aliphatic carbocycles. The summed E-state index contributed by atoms with van der Waals surface area (Å²) in [4.78, 5) is 11.2. The summed E-state index contributed by atoms with van der Waals surface area (Å²) in [5.74, 6) is -1.20. The van der Waals surface area contributed by atoms with Gasteiger partial charge in [-0.05, 0) is 35.8 Å². The number of benzene rings is 2. The van der Waals surface area contributed by atoms with E-state index in [1.54, 1.807) is 24.3 Å². The molecule has 0 fully saturated rings. The lowest BCUT2D eigenvalue weighted by Gasteiger charge is -2.27. The number of carbonyl (C=O) groups is 1. The number of hydrogen-bond donors (Lipinski definition) is 1. The molecule has 0 spiro atoms. The van der Waals surface area contributed by atoms with E-state index in [4.69, 9.17) is 26.2 Å². The zero-order valence-corrected chi connectivity index (χ0v) is 14.8. The maximum atomic E-state index is 13.2. The van der Waals surface area contributed by atoms with Gasteiger partial charge in [0, 0.05) is 5.56 Å². The average molecular weight is 399 g/mol. The Morgan fingerprint density at radius 3 is 2.67 bits per heavy atom. The largest absolute Gasteiger partial charge is 0.495 e. The lowest BCUT2D eigenvalue weighted by Crippen LogP contribution is -2.40. The molecular weight excluding hydrogens is 385 g/mol. The maximum absolute atomic E-state index is 13.2. The summed E-state index contributed by atoms with van der Waals surface area (Å²) >= 11 is 6.26. The van der Waals surface area contributed by atoms with Crippen molar-refractivity contribution in [2.45, 2.75) is 18.7 Å². The molecule has 8 heteroatoms. The minimum absolute atomic E-state index is 0.0288. The van der Waals surface area contributed by atoms with E-state index in [9.17, 15) is 18.0 Å². The number of carboxylic acid groups (broad SMARTS) is 1. The van der Waals surface area contributed by atoms with Gasteiger partial charge in [0.05, 0.1) is 17.7 Å². The van der Waals surface area contributed by atoms with Crippen LogP contribution in [0.2, 0.25) is 5.02 Å². The van der Waals surface area contributed by atoms with Crippen molar-refractivity contribution in [3.05, 3.63) is 63.7 Å². The molecule has 0 aromatic heterocycles. The second-order valence-corrected chi connectivity index (χ2v) is 6.30. The van der Waals surface area contributed by atoms with Crippen molar-refractivity contribution in [3.63, 3.8) is 0 Å². The lowest BCUT2D eigenvalue weighted by molar-refractivity contribution is -0.187. The highest BCUT2D eigenvalue weighted by atomic mass is 35.5. The van der Waals surface area contributed by atoms with Gasteiger partial charge < -0.3 is 14.6 Å². The van der Waals surface area contributed by atoms with Gasteiger partial charge in [-0.25, -0.2) is 4.79 Å². The number of aliphatic carboxylic acids is 1. The Kier molecular flexibility index (Phi) is 5.06. The minimum atomic E-state index is -4.84. The summed E-state index contributed by atoms with van der Waals surface area (Å²) in [7, 11) is 1.49. The van der Waals surface area contributed by atoms with Crippen molar-refractivity contribution >= 4 is 23.6 Å². The van der Waals surface area contributed by atoms with Gasteiger partial charge in [-0.3, -0.25) is 0 Å². The third kappa shape index (κ3) is 3.88. The van der Waals surface area contributed by atoms with Crippen LogP contribution < -0.4 is 9.47 Å². The van der Waals surface area contributed by atoms with E-state index in [-0.39, 0.29) is 11.3 Å². The molecule has 4 nitrogen and oxygen atoms in total. The van der Waals surface area contributed by atoms with Crippen LogP contribution in [0, 0.1) is 0 Å². The summed E-state index contributed by atoms with van der Waals surface area (Å²) in [6, 6.07) is 9.91. The number of carboxylic acids is 1. The molecule has 1 unspecified atom stereocenters. The number of hydrogen-bond acceptors (Lipinski definition) is 3. The highest BCUT2D eigenvalue weighted by Gasteiger charge is 2.48. The first-order valence-corrected chi connectivity index (χ1v) is 8.21. The molecule has 142 valence electrons. The van der Waals surface area contributed by atoms with Crippen molar-refractivity contribution in [1.29, 1.82) is 0 Å². The Morgan fingerprint density at radius 1 is 1.30 bits per heavy atom. The topological polar surface area (TPSA) is 55.8 Å². The molecule has 0 radical (unpaired) electrons. The van der Waals surface area contributed by atoms with Gasteiger partial charge in [0.15, 0.2) is 0 Å². The molecule has 2 aromatic carbocycles. The van der Waals surface area contributed by atoms with Crippen LogP contribution in [0.5, 0.6) is 11.5 Å². The monoisotopic (exact) mass is 398 g/mol. The smallest absolute Gasteiger partial charge is 0.430 e. The fraction of sp³-hybridized carbons (Fsp3) is 0.211. The van der Waals surface area contributed by atoms with Crippen LogP contribution in [0.25, 0.3) is 6.08 Å². The van der Waals surface area contributed by atoms with Crippen molar-refractivity contribution < 1.29 is 32.5 Å². The third-order valence-electron chi connectivity index (χ3n) is 4.12. The summed E-state index contributed by atoms with van der Waals surface area (Å²) in [6.45, 7) is 0. The molecule has 27 heavy (non-hydrogen) atoms. The molecule has 1 atom stereocenters. The van der Waals surface area contributed by atoms with Gasteiger partial charge >= 0.3 is 12.1 Å². The molecule has 0 saturated carbocycles. The summed E-state index contributed by atoms with van der Waals surface area (Å²) < 4.78 is 49.7. The van der Waals surface area contributed by atoms with E-state index in [1.807, 2.05) is 0 Å². The third-order valence-corrected chi connectivity index (χ3v) is 4.55. The quantitative estimate of drug-likeness (QED) is 0.809. The van der Waals surface area contributed by atoms with Crippen LogP contribution in [0.3, 0.4) is 0 Å². The number of rotatable bonds is 4. The molecule has 0 bridgehead atoms. The second kappa shape index (κ2) is 7.15. The van der Waals surface area contributed by atoms with Crippen molar-refractivity contribution in [1.82, 2.24) is 0 Å². The van der Waals surface area contributed by atoms with Crippen LogP contribution in [0.1, 0.15) is 16.7 Å². The highest BCUT2D eigenvalue weighted by Crippen LogP contribution is 2.38. The average Bonchev–Trinajstić information content (AvgIpc) is 2.61. The molecule has 0 saturated heterocycles. The second-order valence-electron chi connectivity index (χ2n) is 5.93. The molecular formula is C19H14ClF3O4. The van der Waals surface area contributed by atoms with Crippen LogP contribution in [-0.4, -0.2) is 30.5 Å². The van der Waals surface area contributed by atoms with E-state index in [0.717, 1.165) is 11.6 Å². The Labute approximate surface area is 157 Å². The zero-order chi connectivity index (χ0) is 19.8. The number of halogens is 4. The van der Waals surface area contributed by atoms with Crippen molar-refractivity contribution in [2.24, 2.45) is 0 Å².